The standard InChI is InChI=1S/C8H7N3O3.ClH/c1-4-2-7(12)11-6(9-4)3-5(10-11)8(13)14;/h2-3,10H,1H3,(H,13,14);1H. The third kappa shape index (κ3) is 1.84. The van der Waals surface area contributed by atoms with E-state index in [2.05, 4.69) is 10.1 Å². The third-order valence-electron chi connectivity index (χ3n) is 1.81. The highest BCUT2D eigenvalue weighted by Crippen LogP contribution is 2.01. The normalized spacial score (nSPS) is 9.93. The van der Waals surface area contributed by atoms with Crippen LogP contribution in [0.1, 0.15) is 16.2 Å². The van der Waals surface area contributed by atoms with Gasteiger partial charge in [-0.15, -0.1) is 12.4 Å². The molecule has 80 valence electrons. The fourth-order valence-electron chi connectivity index (χ4n) is 1.22. The maximum atomic E-state index is 11.3. The van der Waals surface area contributed by atoms with Crippen LogP contribution in [-0.2, 0) is 0 Å². The zero-order valence-electron chi connectivity index (χ0n) is 7.72. The molecule has 0 aromatic carbocycles. The minimum absolute atomic E-state index is 0. The van der Waals surface area contributed by atoms with Crippen molar-refractivity contribution >= 4 is 24.0 Å². The Morgan fingerprint density at radius 3 is 2.80 bits per heavy atom. The van der Waals surface area contributed by atoms with Gasteiger partial charge in [-0.3, -0.25) is 9.89 Å². The number of hydrogen-bond donors (Lipinski definition) is 2. The lowest BCUT2D eigenvalue weighted by Gasteiger charge is -1.92. The van der Waals surface area contributed by atoms with Gasteiger partial charge in [0.25, 0.3) is 5.56 Å². The quantitative estimate of drug-likeness (QED) is 0.743. The van der Waals surface area contributed by atoms with Crippen molar-refractivity contribution in [3.63, 3.8) is 0 Å². The predicted octanol–water partition coefficient (Wildman–Crippen LogP) is 0.451. The van der Waals surface area contributed by atoms with Crippen LogP contribution >= 0.6 is 12.4 Å². The number of aryl methyl sites for hydroxylation is 1. The molecule has 0 aliphatic heterocycles. The lowest BCUT2D eigenvalue weighted by molar-refractivity contribution is 0.0690. The second kappa shape index (κ2) is 3.74. The highest BCUT2D eigenvalue weighted by Gasteiger charge is 2.09. The van der Waals surface area contributed by atoms with Gasteiger partial charge in [-0.2, -0.15) is 0 Å². The largest absolute Gasteiger partial charge is 0.477 e. The molecule has 0 saturated carbocycles. The van der Waals surface area contributed by atoms with Gasteiger partial charge in [-0.05, 0) is 6.92 Å². The van der Waals surface area contributed by atoms with E-state index in [9.17, 15) is 9.59 Å². The van der Waals surface area contributed by atoms with Crippen LogP contribution in [0.3, 0.4) is 0 Å². The van der Waals surface area contributed by atoms with Gasteiger partial charge in [0.15, 0.2) is 5.65 Å². The molecule has 2 aromatic rings. The van der Waals surface area contributed by atoms with Gasteiger partial charge in [-0.25, -0.2) is 14.3 Å². The first-order chi connectivity index (χ1) is 6.58. The summed E-state index contributed by atoms with van der Waals surface area (Å²) in [6.45, 7) is 1.68. The second-order valence-corrected chi connectivity index (χ2v) is 2.90. The minimum Gasteiger partial charge on any atom is -0.477 e. The Kier molecular flexibility index (Phi) is 2.81. The van der Waals surface area contributed by atoms with Gasteiger partial charge in [0.1, 0.15) is 5.69 Å². The number of aromatic carboxylic acids is 1. The molecule has 0 aliphatic carbocycles. The molecule has 2 aromatic heterocycles. The van der Waals surface area contributed by atoms with Crippen LogP contribution in [0.15, 0.2) is 16.9 Å². The molecular weight excluding hydrogens is 222 g/mol. The van der Waals surface area contributed by atoms with Crippen molar-refractivity contribution in [2.45, 2.75) is 6.92 Å². The van der Waals surface area contributed by atoms with E-state index in [1.807, 2.05) is 0 Å². The van der Waals surface area contributed by atoms with Crippen LogP contribution in [0.2, 0.25) is 0 Å². The van der Waals surface area contributed by atoms with Gasteiger partial charge in [0.2, 0.25) is 0 Å². The maximum Gasteiger partial charge on any atom is 0.353 e. The topological polar surface area (TPSA) is 87.5 Å². The number of halogens is 1. The number of nitrogens with one attached hydrogen (secondary N) is 1. The van der Waals surface area contributed by atoms with E-state index in [1.54, 1.807) is 6.92 Å². The molecule has 15 heavy (non-hydrogen) atoms. The monoisotopic (exact) mass is 229 g/mol. The smallest absolute Gasteiger partial charge is 0.353 e. The first-order valence-corrected chi connectivity index (χ1v) is 3.90. The molecule has 2 heterocycles. The summed E-state index contributed by atoms with van der Waals surface area (Å²) in [6.07, 6.45) is 0. The third-order valence-corrected chi connectivity index (χ3v) is 1.81. The summed E-state index contributed by atoms with van der Waals surface area (Å²) in [5.41, 5.74) is 0.499. The fourth-order valence-corrected chi connectivity index (χ4v) is 1.22. The Morgan fingerprint density at radius 2 is 2.20 bits per heavy atom. The number of aromatic amines is 1. The lowest BCUT2D eigenvalue weighted by atomic mass is 10.4. The molecule has 0 amide bonds. The van der Waals surface area contributed by atoms with Crippen molar-refractivity contribution in [1.82, 2.24) is 14.6 Å². The molecular formula is C8H8ClN3O3. The summed E-state index contributed by atoms with van der Waals surface area (Å²) in [5, 5.41) is 11.1. The number of carboxylic acid groups (broad SMARTS) is 1. The van der Waals surface area contributed by atoms with E-state index in [-0.39, 0.29) is 23.7 Å². The summed E-state index contributed by atoms with van der Waals surface area (Å²) in [5.74, 6) is -1.12. The highest BCUT2D eigenvalue weighted by atomic mass is 35.5. The van der Waals surface area contributed by atoms with E-state index < -0.39 is 5.97 Å². The number of nitrogens with zero attached hydrogens (tertiary/aromatic N) is 2. The van der Waals surface area contributed by atoms with Crippen molar-refractivity contribution in [3.8, 4) is 0 Å². The Morgan fingerprint density at radius 1 is 1.53 bits per heavy atom. The SMILES string of the molecule is Cc1cc(=O)n2[nH]c(C(=O)O)cc2n1.Cl. The van der Waals surface area contributed by atoms with Gasteiger partial charge in [0, 0.05) is 17.8 Å². The number of carboxylic acids is 1. The molecule has 0 unspecified atom stereocenters. The predicted molar refractivity (Wildman–Crippen MR) is 54.8 cm³/mol. The summed E-state index contributed by atoms with van der Waals surface area (Å²) in [6, 6.07) is 2.64. The molecule has 0 radical (unpaired) electrons. The van der Waals surface area contributed by atoms with E-state index in [0.29, 0.717) is 11.3 Å². The molecule has 0 bridgehead atoms. The highest BCUT2D eigenvalue weighted by molar-refractivity contribution is 5.86. The van der Waals surface area contributed by atoms with E-state index in [1.165, 1.54) is 12.1 Å². The van der Waals surface area contributed by atoms with Gasteiger partial charge >= 0.3 is 5.97 Å². The number of fused-ring (bicyclic) bond motifs is 1. The minimum atomic E-state index is -1.12. The molecule has 2 rings (SSSR count). The molecule has 0 saturated heterocycles. The first-order valence-electron chi connectivity index (χ1n) is 3.90. The van der Waals surface area contributed by atoms with E-state index in [4.69, 9.17) is 5.11 Å². The van der Waals surface area contributed by atoms with Crippen molar-refractivity contribution in [1.29, 1.82) is 0 Å². The number of hydrogen-bond acceptors (Lipinski definition) is 3. The summed E-state index contributed by atoms with van der Waals surface area (Å²) in [4.78, 5) is 25.9. The Balaban J connectivity index is 0.00000112. The van der Waals surface area contributed by atoms with Crippen LogP contribution in [0.25, 0.3) is 5.65 Å². The molecule has 6 nitrogen and oxygen atoms in total. The van der Waals surface area contributed by atoms with Crippen LogP contribution in [0.4, 0.5) is 0 Å². The first kappa shape index (κ1) is 11.3. The molecule has 2 N–H and O–H groups in total. The maximum absolute atomic E-state index is 11.3. The lowest BCUT2D eigenvalue weighted by Crippen LogP contribution is -2.14. The van der Waals surface area contributed by atoms with Crippen LogP contribution in [-0.4, -0.2) is 25.7 Å². The van der Waals surface area contributed by atoms with Crippen LogP contribution in [0, 0.1) is 6.92 Å². The molecule has 7 heteroatoms. The zero-order chi connectivity index (χ0) is 10.3. The number of aromatic nitrogens is 3. The molecule has 0 atom stereocenters. The average Bonchev–Trinajstić information content (AvgIpc) is 2.47. The van der Waals surface area contributed by atoms with Crippen molar-refractivity contribution in [2.24, 2.45) is 0 Å². The zero-order valence-corrected chi connectivity index (χ0v) is 8.54. The number of carbonyl (C=O) groups is 1. The summed E-state index contributed by atoms with van der Waals surface area (Å²) in [7, 11) is 0. The molecule has 0 fully saturated rings. The van der Waals surface area contributed by atoms with E-state index in [0.717, 1.165) is 4.52 Å². The second-order valence-electron chi connectivity index (χ2n) is 2.90. The van der Waals surface area contributed by atoms with E-state index >= 15 is 0 Å². The van der Waals surface area contributed by atoms with Gasteiger partial charge in [-0.1, -0.05) is 0 Å². The number of H-pyrrole nitrogens is 1. The van der Waals surface area contributed by atoms with Crippen molar-refractivity contribution < 1.29 is 9.90 Å². The van der Waals surface area contributed by atoms with Crippen LogP contribution in [0.5, 0.6) is 0 Å². The Bertz CT molecular complexity index is 572. The van der Waals surface area contributed by atoms with Crippen molar-refractivity contribution in [2.75, 3.05) is 0 Å². The van der Waals surface area contributed by atoms with Gasteiger partial charge < -0.3 is 5.11 Å². The Labute approximate surface area is 90.0 Å². The fraction of sp³-hybridized carbons (Fsp3) is 0.125. The Hall–Kier alpha value is -1.82. The summed E-state index contributed by atoms with van der Waals surface area (Å²) >= 11 is 0. The van der Waals surface area contributed by atoms with Crippen molar-refractivity contribution in [3.05, 3.63) is 33.9 Å². The molecule has 0 aliphatic rings. The van der Waals surface area contributed by atoms with Gasteiger partial charge in [0.05, 0.1) is 0 Å². The van der Waals surface area contributed by atoms with Crippen LogP contribution < -0.4 is 5.56 Å². The number of rotatable bonds is 1. The average molecular weight is 230 g/mol. The molecule has 0 spiro atoms. The summed E-state index contributed by atoms with van der Waals surface area (Å²) < 4.78 is 1.09.